The summed E-state index contributed by atoms with van der Waals surface area (Å²) in [7, 11) is 0. The lowest BCUT2D eigenvalue weighted by atomic mass is 9.90. The molecular formula is C24H29N3O2S. The van der Waals surface area contributed by atoms with Crippen LogP contribution in [-0.4, -0.2) is 23.3 Å². The van der Waals surface area contributed by atoms with Gasteiger partial charge in [0.15, 0.2) is 5.13 Å². The van der Waals surface area contributed by atoms with Crippen molar-refractivity contribution in [3.8, 4) is 0 Å². The maximum absolute atomic E-state index is 12.8. The molecule has 158 valence electrons. The molecule has 2 amide bonds. The van der Waals surface area contributed by atoms with Crippen LogP contribution in [0.2, 0.25) is 0 Å². The normalized spacial score (nSPS) is 18.3. The first kappa shape index (κ1) is 20.8. The third-order valence-electron chi connectivity index (χ3n) is 5.94. The first-order valence-corrected chi connectivity index (χ1v) is 11.7. The summed E-state index contributed by atoms with van der Waals surface area (Å²) in [6.45, 7) is 2.69. The van der Waals surface area contributed by atoms with Crippen molar-refractivity contribution in [3.63, 3.8) is 0 Å². The molecule has 2 aromatic rings. The maximum atomic E-state index is 12.8. The van der Waals surface area contributed by atoms with E-state index in [0.29, 0.717) is 17.2 Å². The summed E-state index contributed by atoms with van der Waals surface area (Å²) in [4.78, 5) is 31.1. The Morgan fingerprint density at radius 1 is 1.13 bits per heavy atom. The van der Waals surface area contributed by atoms with Gasteiger partial charge in [-0.3, -0.25) is 14.9 Å². The molecule has 4 rings (SSSR count). The van der Waals surface area contributed by atoms with Crippen LogP contribution in [0.1, 0.15) is 77.4 Å². The molecule has 5 nitrogen and oxygen atoms in total. The van der Waals surface area contributed by atoms with E-state index < -0.39 is 0 Å². The summed E-state index contributed by atoms with van der Waals surface area (Å²) in [5.74, 6) is -0.313. The van der Waals surface area contributed by atoms with Gasteiger partial charge in [-0.05, 0) is 70.4 Å². The molecule has 1 aromatic heterocycles. The summed E-state index contributed by atoms with van der Waals surface area (Å²) in [5.41, 5.74) is 4.05. The Kier molecular flexibility index (Phi) is 6.62. The molecule has 30 heavy (non-hydrogen) atoms. The standard InChI is InChI=1S/C24H29N3O2S/c1-16-10-12-18(13-11-16)22(28)27-24-26-21-19(8-5-9-20(21)30-24)23(29)25-15-14-17-6-3-2-4-7-17/h6,10-13,19H,2-5,7-9,14-15H2,1H3,(H,25,29)(H,26,27,28). The number of carbonyl (C=O) groups is 2. The van der Waals surface area contributed by atoms with Gasteiger partial charge in [-0.15, -0.1) is 11.3 Å². The molecule has 0 radical (unpaired) electrons. The summed E-state index contributed by atoms with van der Waals surface area (Å²) in [6.07, 6.45) is 10.9. The van der Waals surface area contributed by atoms with E-state index in [1.165, 1.54) is 42.6 Å². The molecule has 1 atom stereocenters. The molecule has 0 bridgehead atoms. The van der Waals surface area contributed by atoms with Gasteiger partial charge in [0.1, 0.15) is 0 Å². The van der Waals surface area contributed by atoms with E-state index in [4.69, 9.17) is 0 Å². The zero-order chi connectivity index (χ0) is 20.9. The quantitative estimate of drug-likeness (QED) is 0.633. The molecule has 0 spiro atoms. The third kappa shape index (κ3) is 4.98. The molecule has 0 aliphatic heterocycles. The van der Waals surface area contributed by atoms with E-state index in [0.717, 1.165) is 41.8 Å². The lowest BCUT2D eigenvalue weighted by Gasteiger charge is -2.21. The molecule has 2 N–H and O–H groups in total. The fraction of sp³-hybridized carbons (Fsp3) is 0.458. The molecule has 0 saturated carbocycles. The molecule has 0 saturated heterocycles. The van der Waals surface area contributed by atoms with Crippen molar-refractivity contribution in [2.75, 3.05) is 11.9 Å². The number of aryl methyl sites for hydroxylation is 2. The van der Waals surface area contributed by atoms with Crippen molar-refractivity contribution < 1.29 is 9.59 Å². The fourth-order valence-corrected chi connectivity index (χ4v) is 5.26. The number of fused-ring (bicyclic) bond motifs is 1. The number of amides is 2. The minimum Gasteiger partial charge on any atom is -0.355 e. The van der Waals surface area contributed by atoms with Gasteiger partial charge in [0, 0.05) is 17.0 Å². The van der Waals surface area contributed by atoms with Gasteiger partial charge in [0.25, 0.3) is 5.91 Å². The number of carbonyl (C=O) groups excluding carboxylic acids is 2. The fourth-order valence-electron chi connectivity index (χ4n) is 4.20. The molecule has 6 heteroatoms. The first-order valence-electron chi connectivity index (χ1n) is 10.9. The first-order chi connectivity index (χ1) is 14.6. The van der Waals surface area contributed by atoms with Crippen LogP contribution in [0.5, 0.6) is 0 Å². The largest absolute Gasteiger partial charge is 0.355 e. The summed E-state index contributed by atoms with van der Waals surface area (Å²) in [6, 6.07) is 7.48. The van der Waals surface area contributed by atoms with Crippen LogP contribution in [0.25, 0.3) is 0 Å². The van der Waals surface area contributed by atoms with Crippen LogP contribution in [0.4, 0.5) is 5.13 Å². The Balaban J connectivity index is 1.38. The monoisotopic (exact) mass is 423 g/mol. The van der Waals surface area contributed by atoms with Crippen LogP contribution in [0.3, 0.4) is 0 Å². The number of thiazole rings is 1. The van der Waals surface area contributed by atoms with Gasteiger partial charge in [0.05, 0.1) is 11.6 Å². The van der Waals surface area contributed by atoms with E-state index in [-0.39, 0.29) is 17.7 Å². The third-order valence-corrected chi connectivity index (χ3v) is 6.98. The van der Waals surface area contributed by atoms with Gasteiger partial charge in [-0.25, -0.2) is 4.98 Å². The molecule has 1 heterocycles. The molecule has 2 aliphatic carbocycles. The predicted molar refractivity (Wildman–Crippen MR) is 121 cm³/mol. The SMILES string of the molecule is Cc1ccc(C(=O)Nc2nc3c(s2)CCCC3C(=O)NCCC2=CCCCC2)cc1. The Bertz CT molecular complexity index is 946. The van der Waals surface area contributed by atoms with Crippen LogP contribution in [0.15, 0.2) is 35.9 Å². The minimum atomic E-state index is -0.213. The second-order valence-electron chi connectivity index (χ2n) is 8.24. The number of aromatic nitrogens is 1. The van der Waals surface area contributed by atoms with Gasteiger partial charge >= 0.3 is 0 Å². The Morgan fingerprint density at radius 2 is 1.97 bits per heavy atom. The van der Waals surface area contributed by atoms with Crippen molar-refractivity contribution in [2.24, 2.45) is 0 Å². The Hall–Kier alpha value is -2.47. The van der Waals surface area contributed by atoms with Crippen LogP contribution < -0.4 is 10.6 Å². The number of anilines is 1. The molecule has 1 aromatic carbocycles. The lowest BCUT2D eigenvalue weighted by Crippen LogP contribution is -2.32. The number of allylic oxidation sites excluding steroid dienone is 1. The highest BCUT2D eigenvalue weighted by molar-refractivity contribution is 7.16. The number of rotatable bonds is 6. The highest BCUT2D eigenvalue weighted by Gasteiger charge is 2.30. The lowest BCUT2D eigenvalue weighted by molar-refractivity contribution is -0.122. The van der Waals surface area contributed by atoms with Crippen LogP contribution in [-0.2, 0) is 11.2 Å². The highest BCUT2D eigenvalue weighted by atomic mass is 32.1. The summed E-state index contributed by atoms with van der Waals surface area (Å²) in [5, 5.41) is 6.61. The maximum Gasteiger partial charge on any atom is 0.257 e. The van der Waals surface area contributed by atoms with Crippen molar-refractivity contribution in [3.05, 3.63) is 57.6 Å². The van der Waals surface area contributed by atoms with Crippen LogP contribution >= 0.6 is 11.3 Å². The van der Waals surface area contributed by atoms with Crippen molar-refractivity contribution in [1.82, 2.24) is 10.3 Å². The molecule has 0 fully saturated rings. The second-order valence-corrected chi connectivity index (χ2v) is 9.33. The van der Waals surface area contributed by atoms with Crippen molar-refractivity contribution >= 4 is 28.3 Å². The average molecular weight is 424 g/mol. The van der Waals surface area contributed by atoms with Gasteiger partial charge in [-0.1, -0.05) is 29.3 Å². The smallest absolute Gasteiger partial charge is 0.257 e. The minimum absolute atomic E-state index is 0.0640. The number of nitrogens with zero attached hydrogens (tertiary/aromatic N) is 1. The summed E-state index contributed by atoms with van der Waals surface area (Å²) >= 11 is 1.50. The summed E-state index contributed by atoms with van der Waals surface area (Å²) < 4.78 is 0. The zero-order valence-electron chi connectivity index (χ0n) is 17.5. The number of nitrogens with one attached hydrogen (secondary N) is 2. The van der Waals surface area contributed by atoms with E-state index in [9.17, 15) is 9.59 Å². The van der Waals surface area contributed by atoms with Gasteiger partial charge < -0.3 is 5.32 Å². The van der Waals surface area contributed by atoms with Crippen molar-refractivity contribution in [1.29, 1.82) is 0 Å². The average Bonchev–Trinajstić information content (AvgIpc) is 3.17. The molecule has 2 aliphatic rings. The van der Waals surface area contributed by atoms with Gasteiger partial charge in [-0.2, -0.15) is 0 Å². The molecule has 1 unspecified atom stereocenters. The van der Waals surface area contributed by atoms with E-state index in [2.05, 4.69) is 21.7 Å². The zero-order valence-corrected chi connectivity index (χ0v) is 18.3. The number of hydrogen-bond donors (Lipinski definition) is 2. The van der Waals surface area contributed by atoms with E-state index in [1.54, 1.807) is 0 Å². The Morgan fingerprint density at radius 3 is 2.73 bits per heavy atom. The Labute approximate surface area is 182 Å². The second kappa shape index (κ2) is 9.56. The number of hydrogen-bond acceptors (Lipinski definition) is 4. The van der Waals surface area contributed by atoms with Crippen LogP contribution in [0, 0.1) is 6.92 Å². The highest BCUT2D eigenvalue weighted by Crippen LogP contribution is 2.37. The number of benzene rings is 1. The van der Waals surface area contributed by atoms with Crippen molar-refractivity contribution in [2.45, 2.75) is 64.2 Å². The topological polar surface area (TPSA) is 71.1 Å². The van der Waals surface area contributed by atoms with E-state index in [1.807, 2.05) is 31.2 Å². The predicted octanol–water partition coefficient (Wildman–Crippen LogP) is 5.13. The van der Waals surface area contributed by atoms with E-state index >= 15 is 0 Å². The van der Waals surface area contributed by atoms with Gasteiger partial charge in [0.2, 0.25) is 5.91 Å². The molecular weight excluding hydrogens is 394 g/mol.